The van der Waals surface area contributed by atoms with Gasteiger partial charge in [0.2, 0.25) is 11.9 Å². The molecule has 42 heavy (non-hydrogen) atoms. The van der Waals surface area contributed by atoms with Crippen LogP contribution in [0.3, 0.4) is 0 Å². The number of aryl methyl sites for hydroxylation is 1. The van der Waals surface area contributed by atoms with E-state index in [-0.39, 0.29) is 18.6 Å². The first-order valence-electron chi connectivity index (χ1n) is 14.2. The van der Waals surface area contributed by atoms with Crippen LogP contribution in [0.5, 0.6) is 0 Å². The van der Waals surface area contributed by atoms with Crippen molar-refractivity contribution < 1.29 is 14.6 Å². The van der Waals surface area contributed by atoms with Crippen molar-refractivity contribution in [2.45, 2.75) is 26.0 Å². The maximum atomic E-state index is 13.5. The molecule has 218 valence electrons. The Labute approximate surface area is 244 Å². The van der Waals surface area contributed by atoms with Crippen LogP contribution < -0.4 is 10.6 Å². The minimum absolute atomic E-state index is 0.0473. The average molecular weight is 569 g/mol. The molecule has 3 aromatic heterocycles. The molecule has 1 fully saturated rings. The molecule has 1 atom stereocenters. The Hall–Kier alpha value is -4.16. The predicted octanol–water partition coefficient (Wildman–Crippen LogP) is 2.86. The monoisotopic (exact) mass is 568 g/mol. The van der Waals surface area contributed by atoms with E-state index >= 15 is 0 Å². The van der Waals surface area contributed by atoms with E-state index in [4.69, 9.17) is 9.72 Å². The number of benzene rings is 1. The number of hydrogen-bond acceptors (Lipinski definition) is 9. The van der Waals surface area contributed by atoms with Crippen molar-refractivity contribution in [3.05, 3.63) is 83.2 Å². The van der Waals surface area contributed by atoms with Gasteiger partial charge in [0.05, 0.1) is 42.1 Å². The molecule has 2 aliphatic rings. The second kappa shape index (κ2) is 12.0. The number of aliphatic hydroxyl groups excluding tert-OH is 1. The quantitative estimate of drug-likeness (QED) is 0.280. The van der Waals surface area contributed by atoms with E-state index in [1.54, 1.807) is 13.4 Å². The number of carbonyl (C=O) groups excluding carboxylic acids is 1. The standard InChI is InChI=1S/C31H36N8O3/c1-20-15-32-31(34-21-7-10-27-26(17-40)33-19-39(27)16-21)36-29(20)24-9-8-23-22(24)5-4-6-25(23)35-30(41)28(18-42-3)38-13-11-37(2)12-14-38/h4-7,9-10,15-16,19,28,40H,8,11-14,17-18H2,1-3H3,(H,35,41)(H,32,34,36)/t28-/m1/s1. The molecule has 0 radical (unpaired) electrons. The summed E-state index contributed by atoms with van der Waals surface area (Å²) in [5, 5.41) is 16.0. The highest BCUT2D eigenvalue weighted by Gasteiger charge is 2.30. The fourth-order valence-corrected chi connectivity index (χ4v) is 5.72. The van der Waals surface area contributed by atoms with Gasteiger partial charge in [-0.15, -0.1) is 0 Å². The Kier molecular flexibility index (Phi) is 7.98. The number of piperazine rings is 1. The van der Waals surface area contributed by atoms with Gasteiger partial charge in [-0.05, 0) is 55.3 Å². The van der Waals surface area contributed by atoms with Crippen molar-refractivity contribution in [2.24, 2.45) is 0 Å². The number of allylic oxidation sites excluding steroid dienone is 1. The van der Waals surface area contributed by atoms with Crippen LogP contribution in [0.1, 0.15) is 28.1 Å². The number of aromatic nitrogens is 4. The van der Waals surface area contributed by atoms with Crippen LogP contribution in [0.4, 0.5) is 17.3 Å². The Bertz CT molecular complexity index is 1640. The lowest BCUT2D eigenvalue weighted by Crippen LogP contribution is -2.54. The number of nitrogens with one attached hydrogen (secondary N) is 2. The second-order valence-corrected chi connectivity index (χ2v) is 10.9. The number of imidazole rings is 1. The van der Waals surface area contributed by atoms with E-state index < -0.39 is 0 Å². The molecule has 0 unspecified atom stereocenters. The fourth-order valence-electron chi connectivity index (χ4n) is 5.72. The van der Waals surface area contributed by atoms with Gasteiger partial charge in [0.15, 0.2) is 0 Å². The molecule has 4 aromatic rings. The van der Waals surface area contributed by atoms with E-state index in [1.807, 2.05) is 48.0 Å². The third kappa shape index (κ3) is 5.51. The maximum Gasteiger partial charge on any atom is 0.244 e. The van der Waals surface area contributed by atoms with Crippen molar-refractivity contribution in [3.63, 3.8) is 0 Å². The second-order valence-electron chi connectivity index (χ2n) is 10.9. The molecule has 1 saturated heterocycles. The summed E-state index contributed by atoms with van der Waals surface area (Å²) in [4.78, 5) is 31.6. The molecule has 11 heteroatoms. The number of fused-ring (bicyclic) bond motifs is 2. The number of ether oxygens (including phenoxy) is 1. The first-order chi connectivity index (χ1) is 20.4. The summed E-state index contributed by atoms with van der Waals surface area (Å²) < 4.78 is 7.30. The number of likely N-dealkylation sites (N-methyl/N-ethyl adjacent to an activating group) is 1. The lowest BCUT2D eigenvalue weighted by molar-refractivity contribution is -0.124. The minimum Gasteiger partial charge on any atom is -0.390 e. The Morgan fingerprint density at radius 3 is 2.76 bits per heavy atom. The fraction of sp³-hybridized carbons (Fsp3) is 0.355. The smallest absolute Gasteiger partial charge is 0.244 e. The molecule has 1 aromatic carbocycles. The van der Waals surface area contributed by atoms with Gasteiger partial charge in [0.25, 0.3) is 0 Å². The first kappa shape index (κ1) is 28.0. The molecular formula is C31H36N8O3. The Morgan fingerprint density at radius 1 is 1.14 bits per heavy atom. The first-order valence-corrected chi connectivity index (χ1v) is 14.2. The van der Waals surface area contributed by atoms with Crippen molar-refractivity contribution in [3.8, 4) is 0 Å². The van der Waals surface area contributed by atoms with Crippen molar-refractivity contribution in [1.82, 2.24) is 29.2 Å². The number of methoxy groups -OCH3 is 1. The Morgan fingerprint density at radius 2 is 1.98 bits per heavy atom. The zero-order valence-electron chi connectivity index (χ0n) is 24.2. The SMILES string of the molecule is COC[C@H](C(=O)Nc1cccc2c1CC=C2c1nc(Nc2ccc3c(CO)ncn3c2)ncc1C)N1CCN(C)CC1. The van der Waals surface area contributed by atoms with E-state index in [9.17, 15) is 9.90 Å². The zero-order valence-corrected chi connectivity index (χ0v) is 24.2. The average Bonchev–Trinajstić information content (AvgIpc) is 3.62. The highest BCUT2D eigenvalue weighted by atomic mass is 16.5. The summed E-state index contributed by atoms with van der Waals surface area (Å²) >= 11 is 0. The highest BCUT2D eigenvalue weighted by molar-refractivity contribution is 5.97. The topological polar surface area (TPSA) is 120 Å². The van der Waals surface area contributed by atoms with Gasteiger partial charge in [-0.3, -0.25) is 9.69 Å². The number of anilines is 3. The van der Waals surface area contributed by atoms with E-state index in [0.29, 0.717) is 24.7 Å². The van der Waals surface area contributed by atoms with Crippen LogP contribution in [-0.4, -0.2) is 93.2 Å². The van der Waals surface area contributed by atoms with Gasteiger partial charge in [-0.25, -0.2) is 15.0 Å². The van der Waals surface area contributed by atoms with Crippen molar-refractivity contribution >= 4 is 34.3 Å². The minimum atomic E-state index is -0.345. The third-order valence-electron chi connectivity index (χ3n) is 8.08. The van der Waals surface area contributed by atoms with Crippen LogP contribution in [0.2, 0.25) is 0 Å². The highest BCUT2D eigenvalue weighted by Crippen LogP contribution is 2.37. The Balaban J connectivity index is 1.22. The van der Waals surface area contributed by atoms with Crippen LogP contribution in [-0.2, 0) is 22.6 Å². The van der Waals surface area contributed by atoms with Crippen LogP contribution in [0, 0.1) is 6.92 Å². The predicted molar refractivity (Wildman–Crippen MR) is 162 cm³/mol. The molecule has 1 amide bonds. The number of hydrogen-bond donors (Lipinski definition) is 3. The summed E-state index contributed by atoms with van der Waals surface area (Å²) in [5.41, 5.74) is 8.06. The zero-order chi connectivity index (χ0) is 29.2. The summed E-state index contributed by atoms with van der Waals surface area (Å²) in [6.07, 6.45) is 8.25. The van der Waals surface area contributed by atoms with Crippen molar-refractivity contribution in [2.75, 3.05) is 57.6 Å². The molecule has 4 heterocycles. The van der Waals surface area contributed by atoms with Gasteiger partial charge >= 0.3 is 0 Å². The molecular weight excluding hydrogens is 532 g/mol. The van der Waals surface area contributed by atoms with Gasteiger partial charge in [0, 0.05) is 56.9 Å². The van der Waals surface area contributed by atoms with Crippen LogP contribution >= 0.6 is 0 Å². The van der Waals surface area contributed by atoms with E-state index in [2.05, 4.69) is 49.6 Å². The van der Waals surface area contributed by atoms with Gasteiger partial charge < -0.3 is 29.8 Å². The third-order valence-corrected chi connectivity index (χ3v) is 8.08. The lowest BCUT2D eigenvalue weighted by atomic mass is 9.99. The largest absolute Gasteiger partial charge is 0.390 e. The van der Waals surface area contributed by atoms with E-state index in [1.165, 1.54) is 0 Å². The number of carbonyl (C=O) groups is 1. The summed E-state index contributed by atoms with van der Waals surface area (Å²) in [7, 11) is 3.75. The van der Waals surface area contributed by atoms with Gasteiger partial charge in [-0.2, -0.15) is 0 Å². The van der Waals surface area contributed by atoms with Gasteiger partial charge in [0.1, 0.15) is 6.04 Å². The number of rotatable bonds is 9. The molecule has 0 saturated carbocycles. The number of amides is 1. The maximum absolute atomic E-state index is 13.5. The summed E-state index contributed by atoms with van der Waals surface area (Å²) in [6, 6.07) is 9.50. The normalized spacial score (nSPS) is 16.3. The van der Waals surface area contributed by atoms with E-state index in [0.717, 1.165) is 71.0 Å². The lowest BCUT2D eigenvalue weighted by Gasteiger charge is -2.36. The van der Waals surface area contributed by atoms with Crippen LogP contribution in [0.25, 0.3) is 11.1 Å². The number of aliphatic hydroxyl groups is 1. The molecule has 11 nitrogen and oxygen atoms in total. The molecule has 1 aliphatic carbocycles. The summed E-state index contributed by atoms with van der Waals surface area (Å²) in [6.45, 7) is 5.77. The summed E-state index contributed by atoms with van der Waals surface area (Å²) in [5.74, 6) is 0.430. The van der Waals surface area contributed by atoms with Crippen LogP contribution in [0.15, 0.2) is 55.1 Å². The van der Waals surface area contributed by atoms with Gasteiger partial charge in [-0.1, -0.05) is 18.2 Å². The molecule has 0 bridgehead atoms. The molecule has 0 spiro atoms. The number of nitrogens with zero attached hydrogens (tertiary/aromatic N) is 6. The molecule has 1 aliphatic heterocycles. The van der Waals surface area contributed by atoms with Crippen molar-refractivity contribution in [1.29, 1.82) is 0 Å². The molecule has 3 N–H and O–H groups in total. The number of pyridine rings is 1. The molecule has 6 rings (SSSR count).